The van der Waals surface area contributed by atoms with E-state index in [1.54, 1.807) is 12.1 Å². The van der Waals surface area contributed by atoms with Crippen molar-refractivity contribution in [3.8, 4) is 6.07 Å². The molecular weight excluding hydrogens is 312 g/mol. The molecule has 116 valence electrons. The third-order valence-electron chi connectivity index (χ3n) is 3.43. The van der Waals surface area contributed by atoms with Crippen molar-refractivity contribution in [1.82, 2.24) is 14.7 Å². The average molecular weight is 326 g/mol. The molecule has 2 aromatic carbocycles. The van der Waals surface area contributed by atoms with Gasteiger partial charge in [0.05, 0.1) is 21.5 Å². The van der Waals surface area contributed by atoms with Gasteiger partial charge in [-0.05, 0) is 36.8 Å². The van der Waals surface area contributed by atoms with Gasteiger partial charge in [0.15, 0.2) is 0 Å². The van der Waals surface area contributed by atoms with Crippen molar-refractivity contribution in [2.45, 2.75) is 18.4 Å². The molecule has 0 saturated heterocycles. The summed E-state index contributed by atoms with van der Waals surface area (Å²) in [6, 6.07) is 13.5. The highest BCUT2D eigenvalue weighted by molar-refractivity contribution is 7.89. The lowest BCUT2D eigenvalue weighted by Crippen LogP contribution is -2.24. The number of imidazole rings is 1. The van der Waals surface area contributed by atoms with Gasteiger partial charge in [0.25, 0.3) is 0 Å². The number of hydrogen-bond donors (Lipinski definition) is 2. The summed E-state index contributed by atoms with van der Waals surface area (Å²) in [4.78, 5) is 7.40. The van der Waals surface area contributed by atoms with Crippen LogP contribution in [0.1, 0.15) is 17.0 Å². The Kier molecular flexibility index (Phi) is 3.86. The Balaban J connectivity index is 1.84. The number of nitrogens with one attached hydrogen (secondary N) is 2. The van der Waals surface area contributed by atoms with E-state index in [0.717, 1.165) is 22.4 Å². The molecule has 1 heterocycles. The van der Waals surface area contributed by atoms with Crippen molar-refractivity contribution in [2.75, 3.05) is 0 Å². The van der Waals surface area contributed by atoms with Crippen molar-refractivity contribution in [3.63, 3.8) is 0 Å². The van der Waals surface area contributed by atoms with E-state index in [0.29, 0.717) is 0 Å². The number of aromatic nitrogens is 2. The van der Waals surface area contributed by atoms with Crippen molar-refractivity contribution in [2.24, 2.45) is 0 Å². The van der Waals surface area contributed by atoms with Crippen LogP contribution >= 0.6 is 0 Å². The number of rotatable bonds is 4. The molecule has 3 rings (SSSR count). The summed E-state index contributed by atoms with van der Waals surface area (Å²) in [5, 5.41) is 9.03. The normalized spacial score (nSPS) is 11.5. The first-order valence-electron chi connectivity index (χ1n) is 6.93. The molecule has 0 aliphatic carbocycles. The van der Waals surface area contributed by atoms with Crippen molar-refractivity contribution in [1.29, 1.82) is 5.26 Å². The van der Waals surface area contributed by atoms with Gasteiger partial charge < -0.3 is 4.98 Å². The molecule has 0 unspecified atom stereocenters. The van der Waals surface area contributed by atoms with Crippen LogP contribution in [0.5, 0.6) is 0 Å². The molecule has 3 aromatic rings. The maximum absolute atomic E-state index is 12.4. The fourth-order valence-corrected chi connectivity index (χ4v) is 3.52. The molecule has 6 nitrogen and oxygen atoms in total. The average Bonchev–Trinajstić information content (AvgIpc) is 2.92. The third kappa shape index (κ3) is 3.08. The van der Waals surface area contributed by atoms with E-state index < -0.39 is 10.0 Å². The Morgan fingerprint density at radius 2 is 2.04 bits per heavy atom. The zero-order chi connectivity index (χ0) is 16.4. The molecule has 0 saturated carbocycles. The van der Waals surface area contributed by atoms with Gasteiger partial charge in [0.1, 0.15) is 11.9 Å². The van der Waals surface area contributed by atoms with Crippen LogP contribution in [0.4, 0.5) is 0 Å². The second-order valence-corrected chi connectivity index (χ2v) is 6.84. The zero-order valence-electron chi connectivity index (χ0n) is 12.4. The first-order chi connectivity index (χ1) is 11.0. The smallest absolute Gasteiger partial charge is 0.242 e. The van der Waals surface area contributed by atoms with Gasteiger partial charge in [-0.2, -0.15) is 5.26 Å². The largest absolute Gasteiger partial charge is 0.342 e. The van der Waals surface area contributed by atoms with Gasteiger partial charge in [0, 0.05) is 6.54 Å². The topological polar surface area (TPSA) is 98.6 Å². The standard InChI is InChI=1S/C16H14N4O2S/c1-11-19-14-7-6-12(8-15(14)20-11)10-18-23(21,22)16-5-3-2-4-13(16)9-17/h2-8,18H,10H2,1H3,(H,19,20). The highest BCUT2D eigenvalue weighted by atomic mass is 32.2. The molecule has 7 heteroatoms. The Morgan fingerprint density at radius 1 is 1.26 bits per heavy atom. The van der Waals surface area contributed by atoms with Crippen molar-refractivity contribution < 1.29 is 8.42 Å². The van der Waals surface area contributed by atoms with Gasteiger partial charge in [-0.25, -0.2) is 18.1 Å². The minimum atomic E-state index is -3.75. The summed E-state index contributed by atoms with van der Waals surface area (Å²) in [5.74, 6) is 0.806. The van der Waals surface area contributed by atoms with Crippen molar-refractivity contribution >= 4 is 21.1 Å². The highest BCUT2D eigenvalue weighted by Crippen LogP contribution is 2.16. The lowest BCUT2D eigenvalue weighted by atomic mass is 10.2. The molecule has 0 aliphatic heterocycles. The SMILES string of the molecule is Cc1nc2ccc(CNS(=O)(=O)c3ccccc3C#N)cc2[nH]1. The first-order valence-corrected chi connectivity index (χ1v) is 8.42. The van der Waals surface area contributed by atoms with Crippen molar-refractivity contribution in [3.05, 3.63) is 59.4 Å². The predicted octanol–water partition coefficient (Wildman–Crippen LogP) is 2.22. The number of H-pyrrole nitrogens is 1. The van der Waals surface area contributed by atoms with E-state index in [1.807, 2.05) is 31.2 Å². The fourth-order valence-electron chi connectivity index (χ4n) is 2.34. The maximum Gasteiger partial charge on any atom is 0.242 e. The summed E-state index contributed by atoms with van der Waals surface area (Å²) >= 11 is 0. The van der Waals surface area contributed by atoms with Gasteiger partial charge in [-0.3, -0.25) is 0 Å². The Labute approximate surface area is 133 Å². The van der Waals surface area contributed by atoms with Crippen LogP contribution in [0.2, 0.25) is 0 Å². The van der Waals surface area contributed by atoms with Crippen LogP contribution in [0.25, 0.3) is 11.0 Å². The van der Waals surface area contributed by atoms with E-state index in [1.165, 1.54) is 12.1 Å². The number of fused-ring (bicyclic) bond motifs is 1. The van der Waals surface area contributed by atoms with Gasteiger partial charge in [-0.15, -0.1) is 0 Å². The predicted molar refractivity (Wildman–Crippen MR) is 86.0 cm³/mol. The molecule has 0 radical (unpaired) electrons. The maximum atomic E-state index is 12.4. The van der Waals surface area contributed by atoms with Crippen LogP contribution in [-0.2, 0) is 16.6 Å². The molecule has 1 aromatic heterocycles. The minimum Gasteiger partial charge on any atom is -0.342 e. The highest BCUT2D eigenvalue weighted by Gasteiger charge is 2.17. The Morgan fingerprint density at radius 3 is 2.83 bits per heavy atom. The third-order valence-corrected chi connectivity index (χ3v) is 4.89. The lowest BCUT2D eigenvalue weighted by molar-refractivity contribution is 0.581. The number of benzene rings is 2. The van der Waals surface area contributed by atoms with Gasteiger partial charge in [-0.1, -0.05) is 18.2 Å². The van der Waals surface area contributed by atoms with E-state index in [-0.39, 0.29) is 17.0 Å². The lowest BCUT2D eigenvalue weighted by Gasteiger charge is -2.08. The Hall–Kier alpha value is -2.69. The van der Waals surface area contributed by atoms with E-state index in [9.17, 15) is 8.42 Å². The molecule has 0 fully saturated rings. The monoisotopic (exact) mass is 326 g/mol. The fraction of sp³-hybridized carbons (Fsp3) is 0.125. The van der Waals surface area contributed by atoms with Crippen LogP contribution in [-0.4, -0.2) is 18.4 Å². The van der Waals surface area contributed by atoms with E-state index >= 15 is 0 Å². The number of sulfonamides is 1. The summed E-state index contributed by atoms with van der Waals surface area (Å²) < 4.78 is 27.3. The number of nitrogens with zero attached hydrogens (tertiary/aromatic N) is 2. The second kappa shape index (κ2) is 5.83. The van der Waals surface area contributed by atoms with E-state index in [2.05, 4.69) is 14.7 Å². The molecule has 2 N–H and O–H groups in total. The second-order valence-electron chi connectivity index (χ2n) is 5.11. The molecule has 23 heavy (non-hydrogen) atoms. The molecule has 0 aliphatic rings. The van der Waals surface area contributed by atoms with Gasteiger partial charge in [0.2, 0.25) is 10.0 Å². The summed E-state index contributed by atoms with van der Waals surface area (Å²) in [5.41, 5.74) is 2.62. The van der Waals surface area contributed by atoms with Crippen LogP contribution < -0.4 is 4.72 Å². The molecular formula is C16H14N4O2S. The summed E-state index contributed by atoms with van der Waals surface area (Å²) in [6.45, 7) is 2.00. The molecule has 0 atom stereocenters. The first kappa shape index (κ1) is 15.2. The van der Waals surface area contributed by atoms with Crippen LogP contribution in [0.3, 0.4) is 0 Å². The Bertz CT molecular complexity index is 1020. The van der Waals surface area contributed by atoms with E-state index in [4.69, 9.17) is 5.26 Å². The summed E-state index contributed by atoms with van der Waals surface area (Å²) in [7, 11) is -3.75. The summed E-state index contributed by atoms with van der Waals surface area (Å²) in [6.07, 6.45) is 0. The number of hydrogen-bond acceptors (Lipinski definition) is 4. The van der Waals surface area contributed by atoms with Crippen LogP contribution in [0, 0.1) is 18.3 Å². The minimum absolute atomic E-state index is 0.0130. The molecule has 0 amide bonds. The molecule has 0 bridgehead atoms. The number of nitriles is 1. The van der Waals surface area contributed by atoms with Gasteiger partial charge >= 0.3 is 0 Å². The number of aromatic amines is 1. The quantitative estimate of drug-likeness (QED) is 0.768. The number of aryl methyl sites for hydroxylation is 1. The van der Waals surface area contributed by atoms with Crippen LogP contribution in [0.15, 0.2) is 47.4 Å². The molecule has 0 spiro atoms. The zero-order valence-corrected chi connectivity index (χ0v) is 13.2.